The van der Waals surface area contributed by atoms with E-state index in [1.54, 1.807) is 0 Å². The normalized spacial score (nSPS) is 8.92. The fourth-order valence-electron chi connectivity index (χ4n) is 0.379. The van der Waals surface area contributed by atoms with Gasteiger partial charge in [0, 0.05) is 12.3 Å². The SMILES string of the molecule is O=S(O)O.Oc1ccncc1O. The summed E-state index contributed by atoms with van der Waals surface area (Å²) < 4.78 is 22.8. The largest absolute Gasteiger partial charge is 0.504 e. The molecule has 0 saturated heterocycles. The standard InChI is InChI=1S/C5H5NO2.H2O3S/c7-4-1-2-6-3-5(4)8;1-4(2)3/h1-3,8H,(H,6,7);(H2,1,2,3). The van der Waals surface area contributed by atoms with Crippen LogP contribution < -0.4 is 0 Å². The van der Waals surface area contributed by atoms with E-state index < -0.39 is 11.4 Å². The molecule has 0 fully saturated rings. The third-order valence-corrected chi connectivity index (χ3v) is 0.778. The number of hydrogen-bond donors (Lipinski definition) is 4. The molecule has 0 bridgehead atoms. The lowest BCUT2D eigenvalue weighted by Crippen LogP contribution is -1.74. The first-order valence-electron chi connectivity index (χ1n) is 2.66. The highest BCUT2D eigenvalue weighted by atomic mass is 32.2. The summed E-state index contributed by atoms with van der Waals surface area (Å²) in [5.41, 5.74) is 0. The van der Waals surface area contributed by atoms with Crippen molar-refractivity contribution in [3.8, 4) is 11.5 Å². The van der Waals surface area contributed by atoms with Crippen LogP contribution >= 0.6 is 0 Å². The zero-order chi connectivity index (χ0) is 9.56. The van der Waals surface area contributed by atoms with E-state index in [-0.39, 0.29) is 11.5 Å². The van der Waals surface area contributed by atoms with Gasteiger partial charge in [-0.2, -0.15) is 4.21 Å². The number of aromatic nitrogens is 1. The van der Waals surface area contributed by atoms with Gasteiger partial charge < -0.3 is 10.2 Å². The molecule has 0 atom stereocenters. The Morgan fingerprint density at radius 2 is 1.75 bits per heavy atom. The van der Waals surface area contributed by atoms with Gasteiger partial charge in [0.25, 0.3) is 11.4 Å². The van der Waals surface area contributed by atoms with Gasteiger partial charge >= 0.3 is 0 Å². The molecule has 1 aromatic rings. The van der Waals surface area contributed by atoms with Gasteiger partial charge in [-0.15, -0.1) is 0 Å². The summed E-state index contributed by atoms with van der Waals surface area (Å²) in [5.74, 6) is -0.326. The maximum Gasteiger partial charge on any atom is 0.299 e. The summed E-state index contributed by atoms with van der Waals surface area (Å²) in [5, 5.41) is 17.2. The Bertz CT molecular complexity index is 241. The highest BCUT2D eigenvalue weighted by Gasteiger charge is 1.91. The second-order valence-electron chi connectivity index (χ2n) is 1.60. The lowest BCUT2D eigenvalue weighted by atomic mass is 10.4. The van der Waals surface area contributed by atoms with Crippen molar-refractivity contribution < 1.29 is 23.5 Å². The minimum Gasteiger partial charge on any atom is -0.504 e. The van der Waals surface area contributed by atoms with E-state index in [0.717, 1.165) is 0 Å². The van der Waals surface area contributed by atoms with Crippen LogP contribution in [0.25, 0.3) is 0 Å². The van der Waals surface area contributed by atoms with E-state index in [2.05, 4.69) is 4.98 Å². The number of aromatic hydroxyl groups is 2. The Hall–Kier alpha value is -1.18. The zero-order valence-corrected chi connectivity index (χ0v) is 6.60. The highest BCUT2D eigenvalue weighted by Crippen LogP contribution is 2.19. The molecule has 1 rings (SSSR count). The van der Waals surface area contributed by atoms with E-state index >= 15 is 0 Å². The Morgan fingerprint density at radius 1 is 1.25 bits per heavy atom. The fourth-order valence-corrected chi connectivity index (χ4v) is 0.379. The van der Waals surface area contributed by atoms with E-state index in [0.29, 0.717) is 0 Å². The van der Waals surface area contributed by atoms with Gasteiger partial charge in [-0.05, 0) is 0 Å². The topological polar surface area (TPSA) is 111 Å². The van der Waals surface area contributed by atoms with Crippen LogP contribution in [0.1, 0.15) is 0 Å². The van der Waals surface area contributed by atoms with Gasteiger partial charge in [-0.3, -0.25) is 14.1 Å². The van der Waals surface area contributed by atoms with E-state index in [1.807, 2.05) is 0 Å². The van der Waals surface area contributed by atoms with Crippen molar-refractivity contribution in [1.82, 2.24) is 4.98 Å². The minimum atomic E-state index is -2.61. The molecular weight excluding hydrogens is 186 g/mol. The molecule has 0 spiro atoms. The van der Waals surface area contributed by atoms with E-state index in [9.17, 15) is 0 Å². The summed E-state index contributed by atoms with van der Waals surface area (Å²) in [6.45, 7) is 0. The molecular formula is C5H7NO5S. The molecule has 1 heterocycles. The maximum atomic E-state index is 8.67. The first kappa shape index (κ1) is 10.8. The van der Waals surface area contributed by atoms with Crippen LogP contribution in [0, 0.1) is 0 Å². The van der Waals surface area contributed by atoms with Crippen LogP contribution in [-0.2, 0) is 11.4 Å². The summed E-state index contributed by atoms with van der Waals surface area (Å²) in [4.78, 5) is 3.54. The predicted octanol–water partition coefficient (Wildman–Crippen LogP) is 0.174. The van der Waals surface area contributed by atoms with Crippen LogP contribution in [0.2, 0.25) is 0 Å². The fraction of sp³-hybridized carbons (Fsp3) is 0. The number of nitrogens with zero attached hydrogens (tertiary/aromatic N) is 1. The first-order valence-corrected chi connectivity index (χ1v) is 3.72. The molecule has 0 aliphatic carbocycles. The van der Waals surface area contributed by atoms with Gasteiger partial charge in [-0.25, -0.2) is 0 Å². The second-order valence-corrected chi connectivity index (χ2v) is 2.06. The summed E-state index contributed by atoms with van der Waals surface area (Å²) in [6.07, 6.45) is 2.57. The van der Waals surface area contributed by atoms with Crippen molar-refractivity contribution in [2.24, 2.45) is 0 Å². The van der Waals surface area contributed by atoms with Crippen LogP contribution in [0.3, 0.4) is 0 Å². The molecule has 6 nitrogen and oxygen atoms in total. The molecule has 4 N–H and O–H groups in total. The monoisotopic (exact) mass is 193 g/mol. The third kappa shape index (κ3) is 5.59. The molecule has 68 valence electrons. The number of pyridine rings is 1. The summed E-state index contributed by atoms with van der Waals surface area (Å²) in [7, 11) is 0. The molecule has 7 heteroatoms. The van der Waals surface area contributed by atoms with Gasteiger partial charge in [0.1, 0.15) is 0 Å². The lowest BCUT2D eigenvalue weighted by Gasteiger charge is -1.90. The molecule has 0 radical (unpaired) electrons. The molecule has 0 amide bonds. The third-order valence-electron chi connectivity index (χ3n) is 0.778. The van der Waals surface area contributed by atoms with Gasteiger partial charge in [-0.1, -0.05) is 0 Å². The molecule has 0 saturated carbocycles. The molecule has 0 aliphatic heterocycles. The maximum absolute atomic E-state index is 8.67. The number of rotatable bonds is 0. The van der Waals surface area contributed by atoms with Crippen molar-refractivity contribution in [2.45, 2.75) is 0 Å². The van der Waals surface area contributed by atoms with Gasteiger partial charge in [0.15, 0.2) is 11.5 Å². The quantitative estimate of drug-likeness (QED) is 0.437. The second kappa shape index (κ2) is 5.47. The van der Waals surface area contributed by atoms with Crippen LogP contribution in [-0.4, -0.2) is 28.5 Å². The Morgan fingerprint density at radius 3 is 2.00 bits per heavy atom. The van der Waals surface area contributed by atoms with Crippen molar-refractivity contribution >= 4 is 11.4 Å². The zero-order valence-electron chi connectivity index (χ0n) is 5.78. The van der Waals surface area contributed by atoms with Crippen LogP contribution in [0.5, 0.6) is 11.5 Å². The Labute approximate surface area is 70.6 Å². The van der Waals surface area contributed by atoms with Crippen LogP contribution in [0.4, 0.5) is 0 Å². The molecule has 1 aromatic heterocycles. The Balaban J connectivity index is 0.000000261. The highest BCUT2D eigenvalue weighted by molar-refractivity contribution is 7.73. The summed E-state index contributed by atoms with van der Waals surface area (Å²) >= 11 is -2.61. The molecule has 0 aromatic carbocycles. The van der Waals surface area contributed by atoms with Gasteiger partial charge in [0.05, 0.1) is 6.20 Å². The first-order chi connectivity index (χ1) is 5.54. The average molecular weight is 193 g/mol. The van der Waals surface area contributed by atoms with Crippen molar-refractivity contribution in [3.63, 3.8) is 0 Å². The summed E-state index contributed by atoms with van der Waals surface area (Å²) in [6, 6.07) is 1.31. The lowest BCUT2D eigenvalue weighted by molar-refractivity contribution is 0.401. The molecule has 0 aliphatic rings. The Kier molecular flexibility index (Phi) is 4.93. The van der Waals surface area contributed by atoms with Crippen molar-refractivity contribution in [3.05, 3.63) is 18.5 Å². The minimum absolute atomic E-state index is 0.139. The molecule has 0 unspecified atom stereocenters. The predicted molar refractivity (Wildman–Crippen MR) is 41.0 cm³/mol. The van der Waals surface area contributed by atoms with Gasteiger partial charge in [0.2, 0.25) is 0 Å². The smallest absolute Gasteiger partial charge is 0.299 e. The van der Waals surface area contributed by atoms with Crippen molar-refractivity contribution in [2.75, 3.05) is 0 Å². The van der Waals surface area contributed by atoms with E-state index in [4.69, 9.17) is 23.5 Å². The average Bonchev–Trinajstić information content (AvgIpc) is 1.94. The molecule has 12 heavy (non-hydrogen) atoms. The van der Waals surface area contributed by atoms with Crippen LogP contribution in [0.15, 0.2) is 18.5 Å². The number of hydrogen-bond acceptors (Lipinski definition) is 4. The van der Waals surface area contributed by atoms with Crippen molar-refractivity contribution in [1.29, 1.82) is 0 Å². The van der Waals surface area contributed by atoms with E-state index in [1.165, 1.54) is 18.5 Å².